The second-order valence-electron chi connectivity index (χ2n) is 2.07. The summed E-state index contributed by atoms with van der Waals surface area (Å²) >= 11 is 0. The number of carbonyl (C=O) groups is 1. The molecule has 0 aromatic heterocycles. The molecule has 1 unspecified atom stereocenters. The Morgan fingerprint density at radius 1 is 1.67 bits per heavy atom. The molecule has 0 radical (unpaired) electrons. The largest absolute Gasteiger partial charge is 0.387 e. The molecule has 0 aliphatic carbocycles. The van der Waals surface area contributed by atoms with E-state index in [1.54, 1.807) is 19.3 Å². The zero-order valence-corrected chi connectivity index (χ0v) is 5.35. The third-order valence-electron chi connectivity index (χ3n) is 1.31. The highest BCUT2D eigenvalue weighted by Crippen LogP contribution is 1.87. The van der Waals surface area contributed by atoms with Gasteiger partial charge in [0.2, 0.25) is 0 Å². The fourth-order valence-corrected chi connectivity index (χ4v) is 0.729. The quantitative estimate of drug-likeness (QED) is 0.502. The minimum atomic E-state index is -0.0324. The highest BCUT2D eigenvalue weighted by Gasteiger charge is 2.11. The summed E-state index contributed by atoms with van der Waals surface area (Å²) in [7, 11) is 0. The van der Waals surface area contributed by atoms with Crippen molar-refractivity contribution < 1.29 is 4.79 Å². The predicted molar refractivity (Wildman–Crippen MR) is 34.7 cm³/mol. The van der Waals surface area contributed by atoms with Gasteiger partial charge in [-0.1, -0.05) is 0 Å². The maximum absolute atomic E-state index is 10.7. The number of hydrogen-bond donors (Lipinski definition) is 2. The van der Waals surface area contributed by atoms with E-state index in [2.05, 4.69) is 10.6 Å². The number of hydrogen-bond acceptors (Lipinski definition) is 3. The molecule has 1 rings (SSSR count). The van der Waals surface area contributed by atoms with E-state index in [-0.39, 0.29) is 11.8 Å². The Morgan fingerprint density at radius 3 is 2.78 bits per heavy atom. The van der Waals surface area contributed by atoms with E-state index in [1.165, 1.54) is 0 Å². The lowest BCUT2D eigenvalue weighted by atomic mass is 10.2. The van der Waals surface area contributed by atoms with Crippen LogP contribution in [0.1, 0.15) is 6.92 Å². The van der Waals surface area contributed by atoms with E-state index in [1.807, 2.05) is 0 Å². The van der Waals surface area contributed by atoms with Gasteiger partial charge >= 0.3 is 0 Å². The summed E-state index contributed by atoms with van der Waals surface area (Å²) in [5.41, 5.74) is 0. The van der Waals surface area contributed by atoms with E-state index in [0.29, 0.717) is 6.54 Å². The second kappa shape index (κ2) is 2.53. The normalized spacial score (nSPS) is 24.3. The van der Waals surface area contributed by atoms with Crippen LogP contribution in [0.25, 0.3) is 0 Å². The highest BCUT2D eigenvalue weighted by atomic mass is 16.1. The lowest BCUT2D eigenvalue weighted by Crippen LogP contribution is -2.42. The lowest BCUT2D eigenvalue weighted by molar-refractivity contribution is -0.118. The molecule has 2 N–H and O–H groups in total. The summed E-state index contributed by atoms with van der Waals surface area (Å²) in [6, 6.07) is -0.0324. The van der Waals surface area contributed by atoms with Crippen LogP contribution in [0, 0.1) is 0 Å². The van der Waals surface area contributed by atoms with Gasteiger partial charge < -0.3 is 10.6 Å². The van der Waals surface area contributed by atoms with Crippen molar-refractivity contribution in [1.29, 1.82) is 0 Å². The third kappa shape index (κ3) is 1.45. The first-order chi connectivity index (χ1) is 4.30. The van der Waals surface area contributed by atoms with Gasteiger partial charge in [-0.15, -0.1) is 0 Å². The molecular formula is C6H10N2O. The molecule has 3 heteroatoms. The number of ketones is 1. The van der Waals surface area contributed by atoms with Crippen LogP contribution in [0.2, 0.25) is 0 Å². The second-order valence-corrected chi connectivity index (χ2v) is 2.07. The van der Waals surface area contributed by atoms with Crippen LogP contribution in [0.15, 0.2) is 12.4 Å². The Labute approximate surface area is 54.1 Å². The molecule has 9 heavy (non-hydrogen) atoms. The topological polar surface area (TPSA) is 41.1 Å². The summed E-state index contributed by atoms with van der Waals surface area (Å²) in [5, 5.41) is 5.88. The zero-order chi connectivity index (χ0) is 6.69. The van der Waals surface area contributed by atoms with Gasteiger partial charge in [-0.25, -0.2) is 0 Å². The molecule has 0 aromatic rings. The van der Waals surface area contributed by atoms with Gasteiger partial charge in [-0.3, -0.25) is 4.79 Å². The molecule has 0 bridgehead atoms. The summed E-state index contributed by atoms with van der Waals surface area (Å²) in [4.78, 5) is 10.7. The molecule has 50 valence electrons. The Kier molecular flexibility index (Phi) is 1.72. The maximum atomic E-state index is 10.7. The van der Waals surface area contributed by atoms with Gasteiger partial charge in [-0.05, 0) is 6.92 Å². The fraction of sp³-hybridized carbons (Fsp3) is 0.500. The van der Waals surface area contributed by atoms with E-state index in [0.717, 1.165) is 0 Å². The van der Waals surface area contributed by atoms with Crippen LogP contribution in [-0.2, 0) is 4.79 Å². The van der Waals surface area contributed by atoms with E-state index in [9.17, 15) is 4.79 Å². The summed E-state index contributed by atoms with van der Waals surface area (Å²) in [6.45, 7) is 2.28. The van der Waals surface area contributed by atoms with Crippen molar-refractivity contribution in [3.8, 4) is 0 Å². The van der Waals surface area contributed by atoms with Gasteiger partial charge in [-0.2, -0.15) is 0 Å². The van der Waals surface area contributed by atoms with Crippen molar-refractivity contribution in [2.24, 2.45) is 0 Å². The molecule has 1 aliphatic heterocycles. The van der Waals surface area contributed by atoms with Crippen molar-refractivity contribution in [2.45, 2.75) is 13.0 Å². The minimum absolute atomic E-state index is 0.0324. The van der Waals surface area contributed by atoms with E-state index >= 15 is 0 Å². The van der Waals surface area contributed by atoms with Crippen molar-refractivity contribution in [3.63, 3.8) is 0 Å². The maximum Gasteiger partial charge on any atom is 0.153 e. The Morgan fingerprint density at radius 2 is 2.44 bits per heavy atom. The van der Waals surface area contributed by atoms with Gasteiger partial charge in [0.1, 0.15) is 6.04 Å². The SMILES string of the molecule is CC(=O)C1CNC=CN1. The molecule has 0 fully saturated rings. The zero-order valence-electron chi connectivity index (χ0n) is 5.35. The van der Waals surface area contributed by atoms with Gasteiger partial charge in [0, 0.05) is 18.9 Å². The lowest BCUT2D eigenvalue weighted by Gasteiger charge is -2.17. The van der Waals surface area contributed by atoms with Crippen LogP contribution < -0.4 is 10.6 Å². The Balaban J connectivity index is 2.44. The van der Waals surface area contributed by atoms with Gasteiger partial charge in [0.25, 0.3) is 0 Å². The van der Waals surface area contributed by atoms with Crippen molar-refractivity contribution in [3.05, 3.63) is 12.4 Å². The molecule has 0 saturated heterocycles. The third-order valence-corrected chi connectivity index (χ3v) is 1.31. The average Bonchev–Trinajstić information content (AvgIpc) is 1.90. The van der Waals surface area contributed by atoms with E-state index in [4.69, 9.17) is 0 Å². The number of Topliss-reactive ketones (excluding diaryl/α,β-unsaturated/α-hetero) is 1. The number of rotatable bonds is 1. The summed E-state index contributed by atoms with van der Waals surface area (Å²) in [5.74, 6) is 0.173. The Hall–Kier alpha value is -0.990. The molecular weight excluding hydrogens is 116 g/mol. The van der Waals surface area contributed by atoms with Gasteiger partial charge in [0.05, 0.1) is 0 Å². The standard InChI is InChI=1S/C6H10N2O/c1-5(9)6-4-7-2-3-8-6/h2-3,6-8H,4H2,1H3. The first kappa shape index (κ1) is 6.13. The fourth-order valence-electron chi connectivity index (χ4n) is 0.729. The number of nitrogens with one attached hydrogen (secondary N) is 2. The molecule has 0 saturated carbocycles. The average molecular weight is 126 g/mol. The van der Waals surface area contributed by atoms with Gasteiger partial charge in [0.15, 0.2) is 5.78 Å². The van der Waals surface area contributed by atoms with Crippen LogP contribution in [0.4, 0.5) is 0 Å². The van der Waals surface area contributed by atoms with Crippen molar-refractivity contribution >= 4 is 5.78 Å². The van der Waals surface area contributed by atoms with E-state index < -0.39 is 0 Å². The van der Waals surface area contributed by atoms with Crippen molar-refractivity contribution in [2.75, 3.05) is 6.54 Å². The minimum Gasteiger partial charge on any atom is -0.387 e. The summed E-state index contributed by atoms with van der Waals surface area (Å²) in [6.07, 6.45) is 3.54. The van der Waals surface area contributed by atoms with Crippen LogP contribution >= 0.6 is 0 Å². The molecule has 1 aliphatic rings. The first-order valence-electron chi connectivity index (χ1n) is 2.95. The molecule has 0 spiro atoms. The highest BCUT2D eigenvalue weighted by molar-refractivity contribution is 5.82. The van der Waals surface area contributed by atoms with Crippen LogP contribution in [0.5, 0.6) is 0 Å². The number of carbonyl (C=O) groups excluding carboxylic acids is 1. The smallest absolute Gasteiger partial charge is 0.153 e. The molecule has 0 aromatic carbocycles. The monoisotopic (exact) mass is 126 g/mol. The molecule has 1 heterocycles. The Bertz CT molecular complexity index is 142. The first-order valence-corrected chi connectivity index (χ1v) is 2.95. The van der Waals surface area contributed by atoms with Crippen molar-refractivity contribution in [1.82, 2.24) is 10.6 Å². The van der Waals surface area contributed by atoms with Crippen LogP contribution in [0.3, 0.4) is 0 Å². The molecule has 3 nitrogen and oxygen atoms in total. The molecule has 0 amide bonds. The predicted octanol–water partition coefficient (Wildman–Crippen LogP) is -0.392. The molecule has 1 atom stereocenters. The van der Waals surface area contributed by atoms with Crippen LogP contribution in [-0.4, -0.2) is 18.4 Å². The summed E-state index contributed by atoms with van der Waals surface area (Å²) < 4.78 is 0.